The van der Waals surface area contributed by atoms with Crippen LogP contribution in [0.2, 0.25) is 0 Å². The van der Waals surface area contributed by atoms with Gasteiger partial charge in [-0.3, -0.25) is 9.36 Å². The summed E-state index contributed by atoms with van der Waals surface area (Å²) in [5.41, 5.74) is 0. The number of rotatable bonds is 67. The monoisotopic (exact) mass is 1130 g/mol. The molecule has 0 rings (SSSR count). The van der Waals surface area contributed by atoms with Gasteiger partial charge in [-0.2, -0.15) is 0 Å². The maximum absolute atomic E-state index is 13.1. The number of aliphatic hydroxyl groups is 1. The van der Waals surface area contributed by atoms with E-state index in [-0.39, 0.29) is 19.1 Å². The number of hydrogen-bond donors (Lipinski definition) is 2. The average molecular weight is 1130 g/mol. The molecule has 8 nitrogen and oxygen atoms in total. The molecule has 0 aliphatic carbocycles. The van der Waals surface area contributed by atoms with Gasteiger partial charge in [0.1, 0.15) is 13.2 Å². The first kappa shape index (κ1) is 77.5. The summed E-state index contributed by atoms with van der Waals surface area (Å²) in [4.78, 5) is 25.7. The van der Waals surface area contributed by atoms with Gasteiger partial charge in [-0.1, -0.05) is 367 Å². The Hall–Kier alpha value is -0.500. The van der Waals surface area contributed by atoms with Crippen LogP contribution in [0.15, 0.2) is 0 Å². The van der Waals surface area contributed by atoms with Crippen LogP contribution in [0, 0.1) is 0 Å². The van der Waals surface area contributed by atoms with E-state index in [1.54, 1.807) is 0 Å². The van der Waals surface area contributed by atoms with Crippen LogP contribution in [0.3, 0.4) is 0 Å². The van der Waals surface area contributed by atoms with E-state index in [1.165, 1.54) is 321 Å². The van der Waals surface area contributed by atoms with Crippen molar-refractivity contribution in [2.45, 2.75) is 398 Å². The number of phosphoric acid groups is 1. The third-order valence-corrected chi connectivity index (χ3v) is 17.8. The van der Waals surface area contributed by atoms with Crippen molar-refractivity contribution in [3.05, 3.63) is 0 Å². The molecule has 3 unspecified atom stereocenters. The maximum Gasteiger partial charge on any atom is 0.268 e. The van der Waals surface area contributed by atoms with Gasteiger partial charge in [-0.15, -0.1) is 0 Å². The number of amides is 1. The molecule has 0 aromatic carbocycles. The summed E-state index contributed by atoms with van der Waals surface area (Å²) in [5.74, 6) is -0.153. The zero-order valence-corrected chi connectivity index (χ0v) is 54.6. The van der Waals surface area contributed by atoms with E-state index in [0.29, 0.717) is 23.9 Å². The SMILES string of the molecule is CCCCCCCCCCCCCCCCCCCCCCCCCCCCCCCCCCCCC(=O)NC(COP(=O)([O-])OCC[N+](C)(C)C)C(O)CCCCCCCCCCCCCCCCCCCCCCCC. The summed E-state index contributed by atoms with van der Waals surface area (Å²) in [5, 5.41) is 14.1. The number of nitrogens with zero attached hydrogens (tertiary/aromatic N) is 1. The largest absolute Gasteiger partial charge is 0.756 e. The lowest BCUT2D eigenvalue weighted by Gasteiger charge is -2.30. The number of carbonyl (C=O) groups excluding carboxylic acids is 1. The van der Waals surface area contributed by atoms with Crippen LogP contribution in [0.25, 0.3) is 0 Å². The Labute approximate surface area is 489 Å². The average Bonchev–Trinajstić information content (AvgIpc) is 3.41. The molecule has 0 saturated carbocycles. The topological polar surface area (TPSA) is 108 Å². The Morgan fingerprint density at radius 3 is 0.872 bits per heavy atom. The lowest BCUT2D eigenvalue weighted by Crippen LogP contribution is -2.46. The van der Waals surface area contributed by atoms with Gasteiger partial charge in [0.2, 0.25) is 5.91 Å². The van der Waals surface area contributed by atoms with E-state index in [2.05, 4.69) is 19.2 Å². The Bertz CT molecular complexity index is 1230. The summed E-state index contributed by atoms with van der Waals surface area (Å²) in [6, 6.07) is -0.796. The maximum atomic E-state index is 13.1. The fourth-order valence-corrected chi connectivity index (χ4v) is 12.1. The second-order valence-electron chi connectivity index (χ2n) is 26.0. The van der Waals surface area contributed by atoms with E-state index in [9.17, 15) is 19.4 Å². The van der Waals surface area contributed by atoms with Crippen LogP contribution in [-0.2, 0) is 18.4 Å². The summed E-state index contributed by atoms with van der Waals surface area (Å²) >= 11 is 0. The van der Waals surface area contributed by atoms with Gasteiger partial charge in [0, 0.05) is 6.42 Å². The number of phosphoric ester groups is 1. The Morgan fingerprint density at radius 2 is 0.628 bits per heavy atom. The summed E-state index contributed by atoms with van der Waals surface area (Å²) < 4.78 is 23.5. The van der Waals surface area contributed by atoms with Crippen molar-refractivity contribution in [3.63, 3.8) is 0 Å². The van der Waals surface area contributed by atoms with Crippen molar-refractivity contribution in [1.82, 2.24) is 5.32 Å². The highest BCUT2D eigenvalue weighted by Gasteiger charge is 2.24. The molecule has 1 amide bonds. The van der Waals surface area contributed by atoms with Gasteiger partial charge in [0.15, 0.2) is 0 Å². The minimum Gasteiger partial charge on any atom is -0.756 e. The number of aliphatic hydroxyl groups excluding tert-OH is 1. The third kappa shape index (κ3) is 63.1. The van der Waals surface area contributed by atoms with Gasteiger partial charge in [0.05, 0.1) is 39.9 Å². The number of hydrogen-bond acceptors (Lipinski definition) is 6. The van der Waals surface area contributed by atoms with E-state index in [1.807, 2.05) is 21.1 Å². The minimum absolute atomic E-state index is 0.0169. The molecule has 0 saturated heterocycles. The fraction of sp³-hybridized carbons (Fsp3) is 0.986. The number of nitrogens with one attached hydrogen (secondary N) is 1. The molecular weight excluding hydrogens is 984 g/mol. The Kier molecular flexibility index (Phi) is 60.7. The van der Waals surface area contributed by atoms with Crippen molar-refractivity contribution < 1.29 is 32.9 Å². The quantitative estimate of drug-likeness (QED) is 0.0357. The first-order chi connectivity index (χ1) is 38.0. The van der Waals surface area contributed by atoms with Gasteiger partial charge < -0.3 is 28.8 Å². The molecule has 78 heavy (non-hydrogen) atoms. The van der Waals surface area contributed by atoms with Crippen LogP contribution in [0.4, 0.5) is 0 Å². The van der Waals surface area contributed by atoms with Crippen molar-refractivity contribution >= 4 is 13.7 Å². The first-order valence-corrected chi connectivity index (χ1v) is 36.8. The molecule has 0 spiro atoms. The van der Waals surface area contributed by atoms with E-state index < -0.39 is 20.0 Å². The van der Waals surface area contributed by atoms with Crippen molar-refractivity contribution in [2.75, 3.05) is 40.9 Å². The Balaban J connectivity index is 3.93. The molecule has 0 fully saturated rings. The number of unbranched alkanes of at least 4 members (excludes halogenated alkanes) is 54. The number of likely N-dealkylation sites (N-methyl/N-ethyl adjacent to an activating group) is 1. The highest BCUT2D eigenvalue weighted by molar-refractivity contribution is 7.45. The Morgan fingerprint density at radius 1 is 0.397 bits per heavy atom. The smallest absolute Gasteiger partial charge is 0.268 e. The second kappa shape index (κ2) is 61.1. The predicted molar refractivity (Wildman–Crippen MR) is 339 cm³/mol. The molecule has 468 valence electrons. The molecule has 0 bridgehead atoms. The highest BCUT2D eigenvalue weighted by atomic mass is 31.2. The van der Waals surface area contributed by atoms with Crippen molar-refractivity contribution in [1.29, 1.82) is 0 Å². The fourth-order valence-electron chi connectivity index (χ4n) is 11.3. The van der Waals surface area contributed by atoms with Crippen LogP contribution < -0.4 is 10.2 Å². The van der Waals surface area contributed by atoms with E-state index in [0.717, 1.165) is 38.5 Å². The van der Waals surface area contributed by atoms with Gasteiger partial charge in [-0.05, 0) is 12.8 Å². The zero-order chi connectivity index (χ0) is 57.0. The number of quaternary nitrogens is 1. The standard InChI is InChI=1S/C69H141N2O6P/c1-6-8-10-12-14-16-18-20-22-24-26-28-30-31-32-33-34-35-36-37-38-39-40-41-43-45-47-49-51-53-55-57-59-61-63-69(73)70-67(66-77-78(74,75)76-65-64-71(3,4)5)68(72)62-60-58-56-54-52-50-48-46-44-42-29-27-25-23-21-19-17-15-13-11-9-7-2/h67-68,72H,6-66H2,1-5H3,(H-,70,73,74,75). The highest BCUT2D eigenvalue weighted by Crippen LogP contribution is 2.38. The molecule has 0 radical (unpaired) electrons. The van der Waals surface area contributed by atoms with Crippen LogP contribution >= 0.6 is 7.82 Å². The van der Waals surface area contributed by atoms with Gasteiger partial charge in [-0.25, -0.2) is 0 Å². The van der Waals surface area contributed by atoms with Crippen LogP contribution in [0.1, 0.15) is 386 Å². The lowest BCUT2D eigenvalue weighted by molar-refractivity contribution is -0.870. The molecule has 2 N–H and O–H groups in total. The second-order valence-corrected chi connectivity index (χ2v) is 27.4. The minimum atomic E-state index is -4.57. The molecule has 0 aliphatic rings. The lowest BCUT2D eigenvalue weighted by atomic mass is 10.0. The number of carbonyl (C=O) groups is 1. The summed E-state index contributed by atoms with van der Waals surface area (Å²) in [7, 11) is 1.33. The normalized spacial score (nSPS) is 13.6. The van der Waals surface area contributed by atoms with Crippen molar-refractivity contribution in [3.8, 4) is 0 Å². The zero-order valence-electron chi connectivity index (χ0n) is 53.7. The summed E-state index contributed by atoms with van der Waals surface area (Å²) in [6.07, 6.45) is 76.2. The van der Waals surface area contributed by atoms with Crippen LogP contribution in [0.5, 0.6) is 0 Å². The predicted octanol–water partition coefficient (Wildman–Crippen LogP) is 21.7. The molecule has 0 heterocycles. The molecular formula is C69H141N2O6P. The van der Waals surface area contributed by atoms with Crippen molar-refractivity contribution in [2.24, 2.45) is 0 Å². The molecule has 3 atom stereocenters. The summed E-state index contributed by atoms with van der Waals surface area (Å²) in [6.45, 7) is 4.80. The van der Waals surface area contributed by atoms with Crippen LogP contribution in [-0.4, -0.2) is 68.5 Å². The molecule has 0 aromatic heterocycles. The van der Waals surface area contributed by atoms with Gasteiger partial charge >= 0.3 is 0 Å². The molecule has 0 aliphatic heterocycles. The molecule has 0 aromatic rings. The first-order valence-electron chi connectivity index (χ1n) is 35.4. The van der Waals surface area contributed by atoms with E-state index >= 15 is 0 Å². The molecule has 9 heteroatoms. The van der Waals surface area contributed by atoms with Gasteiger partial charge in [0.25, 0.3) is 7.82 Å². The van der Waals surface area contributed by atoms with E-state index in [4.69, 9.17) is 9.05 Å². The third-order valence-electron chi connectivity index (χ3n) is 16.8.